The zero-order valence-electron chi connectivity index (χ0n) is 17.2. The lowest BCUT2D eigenvalue weighted by Gasteiger charge is -2.16. The molecule has 30 heavy (non-hydrogen) atoms. The van der Waals surface area contributed by atoms with Gasteiger partial charge in [-0.15, -0.1) is 0 Å². The van der Waals surface area contributed by atoms with Crippen molar-refractivity contribution in [2.24, 2.45) is 0 Å². The van der Waals surface area contributed by atoms with Gasteiger partial charge in [0.2, 0.25) is 0 Å². The Kier molecular flexibility index (Phi) is 5.68. The van der Waals surface area contributed by atoms with E-state index >= 15 is 0 Å². The topological polar surface area (TPSA) is 82.9 Å². The van der Waals surface area contributed by atoms with Crippen LogP contribution in [-0.4, -0.2) is 38.4 Å². The fourth-order valence-corrected chi connectivity index (χ4v) is 3.81. The van der Waals surface area contributed by atoms with Crippen LogP contribution in [0.4, 0.5) is 0 Å². The summed E-state index contributed by atoms with van der Waals surface area (Å²) in [6.45, 7) is 4.47. The van der Waals surface area contributed by atoms with E-state index in [1.807, 2.05) is 73.3 Å². The third-order valence-corrected chi connectivity index (χ3v) is 5.32. The summed E-state index contributed by atoms with van der Waals surface area (Å²) in [5.74, 6) is -0.191. The molecule has 0 aliphatic heterocycles. The number of carbonyl (C=O) groups is 1. The zero-order chi connectivity index (χ0) is 21.1. The first-order valence-electron chi connectivity index (χ1n) is 10.1. The summed E-state index contributed by atoms with van der Waals surface area (Å²) in [5, 5.41) is 18.4. The quantitative estimate of drug-likeness (QED) is 0.443. The highest BCUT2D eigenvalue weighted by molar-refractivity contribution is 5.94. The Bertz CT molecular complexity index is 1170. The Morgan fingerprint density at radius 3 is 2.77 bits per heavy atom. The molecule has 0 spiro atoms. The number of amides is 1. The number of hydrogen-bond donors (Lipinski definition) is 3. The lowest BCUT2D eigenvalue weighted by molar-refractivity contribution is 0.0916. The summed E-state index contributed by atoms with van der Waals surface area (Å²) in [4.78, 5) is 16.1. The largest absolute Gasteiger partial charge is 0.394 e. The highest BCUT2D eigenvalue weighted by atomic mass is 16.3. The third-order valence-electron chi connectivity index (χ3n) is 5.32. The van der Waals surface area contributed by atoms with Gasteiger partial charge in [0.25, 0.3) is 5.91 Å². The van der Waals surface area contributed by atoms with Crippen LogP contribution < -0.4 is 5.32 Å². The SMILES string of the molecule is Cc1cc(C)n(Cc2cccc(C(=O)N[C@@H](CO)Cc3c[nH]c4ccccc34)c2)n1. The van der Waals surface area contributed by atoms with Gasteiger partial charge in [0, 0.05) is 28.4 Å². The Morgan fingerprint density at radius 1 is 1.17 bits per heavy atom. The van der Waals surface area contributed by atoms with E-state index in [0.29, 0.717) is 18.5 Å². The monoisotopic (exact) mass is 402 g/mol. The second-order valence-corrected chi connectivity index (χ2v) is 7.70. The van der Waals surface area contributed by atoms with Gasteiger partial charge < -0.3 is 15.4 Å². The molecule has 3 N–H and O–H groups in total. The minimum Gasteiger partial charge on any atom is -0.394 e. The van der Waals surface area contributed by atoms with E-state index in [2.05, 4.69) is 15.4 Å². The van der Waals surface area contributed by atoms with Gasteiger partial charge in [-0.25, -0.2) is 0 Å². The fourth-order valence-electron chi connectivity index (χ4n) is 3.81. The molecule has 0 bridgehead atoms. The third kappa shape index (κ3) is 4.28. The first-order chi connectivity index (χ1) is 14.5. The molecule has 1 atom stereocenters. The molecule has 2 aromatic heterocycles. The number of hydrogen-bond acceptors (Lipinski definition) is 3. The number of para-hydroxylation sites is 1. The summed E-state index contributed by atoms with van der Waals surface area (Å²) >= 11 is 0. The highest BCUT2D eigenvalue weighted by Gasteiger charge is 2.16. The molecule has 1 amide bonds. The normalized spacial score (nSPS) is 12.2. The van der Waals surface area contributed by atoms with Crippen LogP contribution in [0.5, 0.6) is 0 Å². The van der Waals surface area contributed by atoms with Crippen LogP contribution in [0.3, 0.4) is 0 Å². The second kappa shape index (κ2) is 8.55. The number of rotatable bonds is 7. The van der Waals surface area contributed by atoms with Gasteiger partial charge in [0.05, 0.1) is 24.9 Å². The van der Waals surface area contributed by atoms with E-state index in [0.717, 1.165) is 33.4 Å². The van der Waals surface area contributed by atoms with Gasteiger partial charge in [-0.1, -0.05) is 30.3 Å². The fraction of sp³-hybridized carbons (Fsp3) is 0.250. The van der Waals surface area contributed by atoms with Crippen molar-refractivity contribution in [1.29, 1.82) is 0 Å². The molecular weight excluding hydrogens is 376 g/mol. The summed E-state index contributed by atoms with van der Waals surface area (Å²) in [6, 6.07) is 17.2. The second-order valence-electron chi connectivity index (χ2n) is 7.70. The zero-order valence-corrected chi connectivity index (χ0v) is 17.2. The van der Waals surface area contributed by atoms with Gasteiger partial charge in [-0.3, -0.25) is 9.48 Å². The van der Waals surface area contributed by atoms with E-state index < -0.39 is 0 Å². The standard InChI is InChI=1S/C24H26N4O2/c1-16-10-17(2)28(27-16)14-18-6-5-7-19(11-18)24(30)26-21(15-29)12-20-13-25-23-9-4-3-8-22(20)23/h3-11,13,21,25,29H,12,14-15H2,1-2H3,(H,26,30)/t21-/m1/s1. The summed E-state index contributed by atoms with van der Waals surface area (Å²) < 4.78 is 1.93. The van der Waals surface area contributed by atoms with Gasteiger partial charge in [0.1, 0.15) is 0 Å². The molecule has 0 radical (unpaired) electrons. The molecule has 4 rings (SSSR count). The number of H-pyrrole nitrogens is 1. The number of carbonyl (C=O) groups excluding carboxylic acids is 1. The van der Waals surface area contributed by atoms with Crippen molar-refractivity contribution in [2.75, 3.05) is 6.61 Å². The van der Waals surface area contributed by atoms with Crippen molar-refractivity contribution in [3.8, 4) is 0 Å². The van der Waals surface area contributed by atoms with Gasteiger partial charge in [-0.2, -0.15) is 5.10 Å². The number of nitrogens with one attached hydrogen (secondary N) is 2. The molecule has 6 nitrogen and oxygen atoms in total. The number of aliphatic hydroxyl groups is 1. The van der Waals surface area contributed by atoms with Gasteiger partial charge in [-0.05, 0) is 55.7 Å². The van der Waals surface area contributed by atoms with Crippen LogP contribution in [0.2, 0.25) is 0 Å². The minimum atomic E-state index is -0.364. The van der Waals surface area contributed by atoms with Crippen LogP contribution in [-0.2, 0) is 13.0 Å². The van der Waals surface area contributed by atoms with E-state index in [1.165, 1.54) is 0 Å². The van der Waals surface area contributed by atoms with Crippen LogP contribution in [0.1, 0.15) is 32.9 Å². The Balaban J connectivity index is 1.46. The van der Waals surface area contributed by atoms with E-state index in [-0.39, 0.29) is 18.6 Å². The maximum absolute atomic E-state index is 12.8. The van der Waals surface area contributed by atoms with E-state index in [9.17, 15) is 9.90 Å². The molecule has 2 aromatic carbocycles. The molecule has 0 aliphatic rings. The van der Waals surface area contributed by atoms with Gasteiger partial charge in [0.15, 0.2) is 0 Å². The van der Waals surface area contributed by atoms with E-state index in [4.69, 9.17) is 0 Å². The van der Waals surface area contributed by atoms with Crippen molar-refractivity contribution in [3.63, 3.8) is 0 Å². The van der Waals surface area contributed by atoms with E-state index in [1.54, 1.807) is 6.07 Å². The van der Waals surface area contributed by atoms with Crippen LogP contribution in [0.15, 0.2) is 60.8 Å². The highest BCUT2D eigenvalue weighted by Crippen LogP contribution is 2.19. The van der Waals surface area contributed by atoms with Gasteiger partial charge >= 0.3 is 0 Å². The van der Waals surface area contributed by atoms with Crippen LogP contribution in [0, 0.1) is 13.8 Å². The molecule has 6 heteroatoms. The van der Waals surface area contributed by atoms with Crippen LogP contribution in [0.25, 0.3) is 10.9 Å². The Hall–Kier alpha value is -3.38. The average molecular weight is 402 g/mol. The summed E-state index contributed by atoms with van der Waals surface area (Å²) in [5.41, 5.74) is 5.76. The lowest BCUT2D eigenvalue weighted by atomic mass is 10.0. The number of benzene rings is 2. The number of fused-ring (bicyclic) bond motifs is 1. The Labute approximate surface area is 175 Å². The van der Waals surface area contributed by atoms with Crippen LogP contribution >= 0.6 is 0 Å². The molecule has 2 heterocycles. The number of aromatic nitrogens is 3. The summed E-state index contributed by atoms with van der Waals surface area (Å²) in [6.07, 6.45) is 2.49. The minimum absolute atomic E-state index is 0.128. The summed E-state index contributed by atoms with van der Waals surface area (Å²) in [7, 11) is 0. The molecule has 0 saturated heterocycles. The lowest BCUT2D eigenvalue weighted by Crippen LogP contribution is -2.39. The number of aliphatic hydroxyl groups excluding tert-OH is 1. The molecule has 0 unspecified atom stereocenters. The predicted octanol–water partition coefficient (Wildman–Crippen LogP) is 3.36. The number of aryl methyl sites for hydroxylation is 2. The molecule has 0 saturated carbocycles. The number of nitrogens with zero attached hydrogens (tertiary/aromatic N) is 2. The number of aromatic amines is 1. The Morgan fingerprint density at radius 2 is 2.00 bits per heavy atom. The molecular formula is C24H26N4O2. The van der Waals surface area contributed by atoms with Crippen molar-refractivity contribution >= 4 is 16.8 Å². The molecule has 154 valence electrons. The molecule has 0 aliphatic carbocycles. The van der Waals surface area contributed by atoms with Crippen molar-refractivity contribution in [3.05, 3.63) is 88.9 Å². The smallest absolute Gasteiger partial charge is 0.251 e. The first-order valence-corrected chi connectivity index (χ1v) is 10.1. The van der Waals surface area contributed by atoms with Crippen molar-refractivity contribution in [1.82, 2.24) is 20.1 Å². The maximum Gasteiger partial charge on any atom is 0.251 e. The maximum atomic E-state index is 12.8. The van der Waals surface area contributed by atoms with Crippen molar-refractivity contribution < 1.29 is 9.90 Å². The van der Waals surface area contributed by atoms with Crippen molar-refractivity contribution in [2.45, 2.75) is 32.9 Å². The first kappa shape index (κ1) is 19.9. The average Bonchev–Trinajstić information content (AvgIpc) is 3.29. The molecule has 4 aromatic rings. The predicted molar refractivity (Wildman–Crippen MR) is 118 cm³/mol. The molecule has 0 fully saturated rings.